The van der Waals surface area contributed by atoms with Crippen molar-refractivity contribution in [2.75, 3.05) is 7.05 Å². The van der Waals surface area contributed by atoms with Crippen LogP contribution in [0, 0.1) is 41.4 Å². The number of carbonyl (C=O) groups excluding carboxylic acids is 2. The molecule has 0 bridgehead atoms. The predicted octanol–water partition coefficient (Wildman–Crippen LogP) is 6.65. The highest BCUT2D eigenvalue weighted by Gasteiger charge is 2.61. The Morgan fingerprint density at radius 2 is 1.72 bits per heavy atom. The Hall–Kier alpha value is -2.88. The molecule has 1 N–H and O–H groups in total. The standard InChI is InChI=1S/C35H44N2O2/c1-23-10-12-24(13-11-23)22-30(25-8-6-5-7-9-25)36-33(39)29-16-15-27-26-14-17-31-35(3,21-19-32(38)37(31)4)28(26)18-20-34(27,29)2/h5-13,19,21,26-31H,14-18,20,22H2,1-4H3,(H,36,39)/t26-,27-,28+,29?,30?,31?,34-,35+/m0/s1. The van der Waals surface area contributed by atoms with Gasteiger partial charge in [0.2, 0.25) is 11.8 Å². The summed E-state index contributed by atoms with van der Waals surface area (Å²) >= 11 is 0. The van der Waals surface area contributed by atoms with Crippen LogP contribution in [0.15, 0.2) is 66.7 Å². The first-order valence-electron chi connectivity index (χ1n) is 15.1. The molecule has 2 aromatic carbocycles. The molecule has 4 nitrogen and oxygen atoms in total. The van der Waals surface area contributed by atoms with Crippen molar-refractivity contribution in [1.29, 1.82) is 0 Å². The van der Waals surface area contributed by atoms with Crippen molar-refractivity contribution in [2.45, 2.75) is 77.8 Å². The number of aryl methyl sites for hydroxylation is 1. The van der Waals surface area contributed by atoms with E-state index in [1.807, 2.05) is 24.1 Å². The molecule has 0 saturated heterocycles. The molecule has 6 rings (SSSR count). The van der Waals surface area contributed by atoms with Gasteiger partial charge in [-0.3, -0.25) is 9.59 Å². The third-order valence-electron chi connectivity index (χ3n) is 11.5. The van der Waals surface area contributed by atoms with Gasteiger partial charge in [0, 0.05) is 24.4 Å². The van der Waals surface area contributed by atoms with Gasteiger partial charge in [0.05, 0.1) is 6.04 Å². The zero-order valence-electron chi connectivity index (χ0n) is 24.0. The average Bonchev–Trinajstić information content (AvgIpc) is 3.30. The van der Waals surface area contributed by atoms with Gasteiger partial charge in [-0.2, -0.15) is 0 Å². The minimum Gasteiger partial charge on any atom is -0.349 e. The van der Waals surface area contributed by atoms with Gasteiger partial charge >= 0.3 is 0 Å². The molecule has 0 radical (unpaired) electrons. The van der Waals surface area contributed by atoms with Crippen LogP contribution in [-0.2, 0) is 16.0 Å². The number of nitrogens with zero attached hydrogens (tertiary/aromatic N) is 1. The molecule has 2 amide bonds. The summed E-state index contributed by atoms with van der Waals surface area (Å²) in [6.07, 6.45) is 11.5. The van der Waals surface area contributed by atoms with Gasteiger partial charge in [0.15, 0.2) is 0 Å². The van der Waals surface area contributed by atoms with Gasteiger partial charge in [-0.1, -0.05) is 80.1 Å². The Morgan fingerprint density at radius 1 is 0.974 bits per heavy atom. The second-order valence-corrected chi connectivity index (χ2v) is 13.5. The van der Waals surface area contributed by atoms with E-state index in [0.29, 0.717) is 23.8 Å². The molecule has 3 unspecified atom stereocenters. The van der Waals surface area contributed by atoms with E-state index in [9.17, 15) is 9.59 Å². The van der Waals surface area contributed by atoms with Gasteiger partial charge < -0.3 is 10.2 Å². The smallest absolute Gasteiger partial charge is 0.246 e. The number of hydrogen-bond acceptors (Lipinski definition) is 2. The van der Waals surface area contributed by atoms with Gasteiger partial charge in [-0.25, -0.2) is 0 Å². The van der Waals surface area contributed by atoms with Crippen molar-refractivity contribution in [3.63, 3.8) is 0 Å². The number of fused-ring (bicyclic) bond motifs is 5. The lowest BCUT2D eigenvalue weighted by Gasteiger charge is -2.60. The van der Waals surface area contributed by atoms with Crippen LogP contribution in [0.4, 0.5) is 0 Å². The fourth-order valence-corrected chi connectivity index (χ4v) is 9.34. The summed E-state index contributed by atoms with van der Waals surface area (Å²) in [7, 11) is 1.98. The fourth-order valence-electron chi connectivity index (χ4n) is 9.34. The van der Waals surface area contributed by atoms with E-state index in [2.05, 4.69) is 80.7 Å². The molecule has 39 heavy (non-hydrogen) atoms. The van der Waals surface area contributed by atoms with Crippen LogP contribution < -0.4 is 5.32 Å². The number of amides is 2. The molecule has 3 fully saturated rings. The van der Waals surface area contributed by atoms with E-state index in [-0.39, 0.29) is 34.6 Å². The SMILES string of the molecule is Cc1ccc(CC(NC(=O)C2CC[C@H]3[C@@H]4CCC5N(C)C(=O)C=C[C@]5(C)[C@@H]4CC[C@]23C)c2ccccc2)cc1. The van der Waals surface area contributed by atoms with Crippen molar-refractivity contribution < 1.29 is 9.59 Å². The summed E-state index contributed by atoms with van der Waals surface area (Å²) in [5, 5.41) is 3.54. The first-order valence-corrected chi connectivity index (χ1v) is 15.1. The largest absolute Gasteiger partial charge is 0.349 e. The van der Waals surface area contributed by atoms with Crippen LogP contribution >= 0.6 is 0 Å². The number of carbonyl (C=O) groups is 2. The molecular formula is C35H44N2O2. The third-order valence-corrected chi connectivity index (χ3v) is 11.5. The van der Waals surface area contributed by atoms with E-state index in [1.54, 1.807) is 0 Å². The maximum absolute atomic E-state index is 14.1. The molecular weight excluding hydrogens is 480 g/mol. The number of likely N-dealkylation sites (N-methyl/N-ethyl adjacent to an activating group) is 1. The van der Waals surface area contributed by atoms with Crippen molar-refractivity contribution >= 4 is 11.8 Å². The second kappa shape index (κ2) is 9.94. The first kappa shape index (κ1) is 26.3. The molecule has 3 saturated carbocycles. The maximum Gasteiger partial charge on any atom is 0.246 e. The highest BCUT2D eigenvalue weighted by molar-refractivity contribution is 5.89. The van der Waals surface area contributed by atoms with Gasteiger partial charge in [-0.15, -0.1) is 0 Å². The lowest BCUT2D eigenvalue weighted by atomic mass is 9.47. The Labute approximate surface area is 234 Å². The van der Waals surface area contributed by atoms with Crippen molar-refractivity contribution in [3.05, 3.63) is 83.4 Å². The maximum atomic E-state index is 14.1. The topological polar surface area (TPSA) is 49.4 Å². The molecule has 1 heterocycles. The van der Waals surface area contributed by atoms with Crippen LogP contribution in [-0.4, -0.2) is 29.8 Å². The minimum atomic E-state index is -0.0322. The van der Waals surface area contributed by atoms with Crippen molar-refractivity contribution in [2.24, 2.45) is 34.5 Å². The molecule has 3 aliphatic carbocycles. The highest BCUT2D eigenvalue weighted by atomic mass is 16.2. The van der Waals surface area contributed by atoms with Gasteiger partial charge in [0.1, 0.15) is 0 Å². The molecule has 206 valence electrons. The lowest BCUT2D eigenvalue weighted by molar-refractivity contribution is -0.142. The fraction of sp³-hybridized carbons (Fsp3) is 0.543. The zero-order chi connectivity index (χ0) is 27.4. The summed E-state index contributed by atoms with van der Waals surface area (Å²) in [5.41, 5.74) is 3.76. The Bertz CT molecular complexity index is 1250. The summed E-state index contributed by atoms with van der Waals surface area (Å²) in [6, 6.07) is 19.4. The Balaban J connectivity index is 1.22. The molecule has 4 aliphatic rings. The van der Waals surface area contributed by atoms with Crippen LogP contribution in [0.25, 0.3) is 0 Å². The predicted molar refractivity (Wildman–Crippen MR) is 156 cm³/mol. The number of benzene rings is 2. The zero-order valence-corrected chi connectivity index (χ0v) is 24.0. The monoisotopic (exact) mass is 524 g/mol. The average molecular weight is 525 g/mol. The van der Waals surface area contributed by atoms with E-state index < -0.39 is 0 Å². The Kier molecular flexibility index (Phi) is 6.72. The van der Waals surface area contributed by atoms with E-state index >= 15 is 0 Å². The minimum absolute atomic E-state index is 0.0322. The number of hydrogen-bond donors (Lipinski definition) is 1. The molecule has 0 aromatic heterocycles. The normalized spacial score (nSPS) is 36.1. The van der Waals surface area contributed by atoms with Crippen LogP contribution in [0.5, 0.6) is 0 Å². The van der Waals surface area contributed by atoms with Gasteiger partial charge in [-0.05, 0) is 92.2 Å². The summed E-state index contributed by atoms with van der Waals surface area (Å²) < 4.78 is 0. The first-order chi connectivity index (χ1) is 18.7. The highest BCUT2D eigenvalue weighted by Crippen LogP contribution is 2.65. The van der Waals surface area contributed by atoms with E-state index in [1.165, 1.54) is 23.1 Å². The van der Waals surface area contributed by atoms with Crippen molar-refractivity contribution in [1.82, 2.24) is 10.2 Å². The Morgan fingerprint density at radius 3 is 2.46 bits per heavy atom. The lowest BCUT2D eigenvalue weighted by Crippen LogP contribution is -2.60. The summed E-state index contributed by atoms with van der Waals surface area (Å²) in [6.45, 7) is 6.93. The molecule has 1 aliphatic heterocycles. The van der Waals surface area contributed by atoms with Crippen LogP contribution in [0.3, 0.4) is 0 Å². The van der Waals surface area contributed by atoms with Crippen LogP contribution in [0.2, 0.25) is 0 Å². The molecule has 8 atom stereocenters. The molecule has 4 heteroatoms. The van der Waals surface area contributed by atoms with Crippen molar-refractivity contribution in [3.8, 4) is 0 Å². The summed E-state index contributed by atoms with van der Waals surface area (Å²) in [4.78, 5) is 28.5. The molecule has 2 aromatic rings. The summed E-state index contributed by atoms with van der Waals surface area (Å²) in [5.74, 6) is 2.24. The van der Waals surface area contributed by atoms with E-state index in [0.717, 1.165) is 38.5 Å². The molecule has 0 spiro atoms. The second-order valence-electron chi connectivity index (χ2n) is 13.5. The number of nitrogens with one attached hydrogen (secondary N) is 1. The van der Waals surface area contributed by atoms with Crippen LogP contribution in [0.1, 0.15) is 75.1 Å². The number of rotatable bonds is 5. The quantitative estimate of drug-likeness (QED) is 0.476. The third kappa shape index (κ3) is 4.44. The van der Waals surface area contributed by atoms with E-state index in [4.69, 9.17) is 0 Å². The van der Waals surface area contributed by atoms with Gasteiger partial charge in [0.25, 0.3) is 0 Å².